The van der Waals surface area contributed by atoms with Crippen LogP contribution in [0.2, 0.25) is 0 Å². The van der Waals surface area contributed by atoms with Crippen molar-refractivity contribution in [2.75, 3.05) is 0 Å². The average molecular weight is 363 g/mol. The van der Waals surface area contributed by atoms with E-state index in [1.807, 2.05) is 0 Å². The standard InChI is InChI=1S/C14H16.Hf/c1-9-11-5-3-7-13(11)10(2)14-8-4-6-12(9)14;/h3,5H,4,6-8H2,1-2H3;. The van der Waals surface area contributed by atoms with Gasteiger partial charge in [0.25, 0.3) is 0 Å². The molecule has 0 amide bonds. The van der Waals surface area contributed by atoms with E-state index in [0.29, 0.717) is 0 Å². The predicted octanol–water partition coefficient (Wildman–Crippen LogP) is 3.36. The summed E-state index contributed by atoms with van der Waals surface area (Å²) in [5.74, 6) is 0. The fourth-order valence-corrected chi connectivity index (χ4v) is 3.13. The molecule has 0 atom stereocenters. The molecule has 0 N–H and O–H groups in total. The van der Waals surface area contributed by atoms with Gasteiger partial charge in [-0.1, -0.05) is 12.2 Å². The maximum absolute atomic E-state index is 2.32. The van der Waals surface area contributed by atoms with Gasteiger partial charge in [-0.3, -0.25) is 0 Å². The van der Waals surface area contributed by atoms with Crippen molar-refractivity contribution in [2.24, 2.45) is 0 Å². The Morgan fingerprint density at radius 1 is 0.933 bits per heavy atom. The molecule has 0 nitrogen and oxygen atoms in total. The predicted molar refractivity (Wildman–Crippen MR) is 60.7 cm³/mol. The van der Waals surface area contributed by atoms with E-state index in [1.165, 1.54) is 24.8 Å². The van der Waals surface area contributed by atoms with Crippen molar-refractivity contribution in [2.45, 2.75) is 39.5 Å². The zero-order valence-electron chi connectivity index (χ0n) is 9.48. The molecule has 0 unspecified atom stereocenters. The molecule has 1 heteroatoms. The van der Waals surface area contributed by atoms with Gasteiger partial charge in [0.2, 0.25) is 0 Å². The maximum atomic E-state index is 2.32. The number of fused-ring (bicyclic) bond motifs is 2. The van der Waals surface area contributed by atoms with E-state index in [4.69, 9.17) is 0 Å². The van der Waals surface area contributed by atoms with Gasteiger partial charge in [0, 0.05) is 25.8 Å². The summed E-state index contributed by atoms with van der Waals surface area (Å²) in [6.45, 7) is 4.62. The van der Waals surface area contributed by atoms with Gasteiger partial charge in [-0.25, -0.2) is 0 Å². The van der Waals surface area contributed by atoms with Gasteiger partial charge < -0.3 is 0 Å². The third-order valence-electron chi connectivity index (χ3n) is 3.91. The van der Waals surface area contributed by atoms with Crippen molar-refractivity contribution in [1.29, 1.82) is 0 Å². The molecule has 76 valence electrons. The second-order valence-electron chi connectivity index (χ2n) is 4.56. The normalized spacial score (nSPS) is 16.1. The Morgan fingerprint density at radius 2 is 1.60 bits per heavy atom. The van der Waals surface area contributed by atoms with E-state index < -0.39 is 0 Å². The topological polar surface area (TPSA) is 0 Å². The average Bonchev–Trinajstić information content (AvgIpc) is 2.82. The summed E-state index contributed by atoms with van der Waals surface area (Å²) >= 11 is 0. The Morgan fingerprint density at radius 3 is 2.33 bits per heavy atom. The Labute approximate surface area is 111 Å². The second kappa shape index (κ2) is 4.01. The summed E-state index contributed by atoms with van der Waals surface area (Å²) in [5.41, 5.74) is 9.61. The fraction of sp³-hybridized carbons (Fsp3) is 0.429. The molecule has 2 aliphatic rings. The number of rotatable bonds is 0. The van der Waals surface area contributed by atoms with Crippen molar-refractivity contribution in [1.82, 2.24) is 0 Å². The quantitative estimate of drug-likeness (QED) is 0.621. The van der Waals surface area contributed by atoms with Gasteiger partial charge in [0.15, 0.2) is 0 Å². The van der Waals surface area contributed by atoms with Crippen LogP contribution in [0.25, 0.3) is 6.08 Å². The SMILES string of the molecule is Cc1c2c(c(C)c3c1CCC3)CC=C2.[Hf]. The smallest absolute Gasteiger partial charge is 0 e. The summed E-state index contributed by atoms with van der Waals surface area (Å²) in [7, 11) is 0. The molecule has 0 aromatic heterocycles. The number of benzene rings is 1. The van der Waals surface area contributed by atoms with E-state index in [2.05, 4.69) is 26.0 Å². The molecule has 15 heavy (non-hydrogen) atoms. The molecule has 0 aliphatic heterocycles. The van der Waals surface area contributed by atoms with Crippen LogP contribution < -0.4 is 0 Å². The summed E-state index contributed by atoms with van der Waals surface area (Å²) in [6, 6.07) is 0. The second-order valence-corrected chi connectivity index (χ2v) is 4.56. The van der Waals surface area contributed by atoms with E-state index in [1.54, 1.807) is 27.8 Å². The van der Waals surface area contributed by atoms with Gasteiger partial charge in [0.05, 0.1) is 0 Å². The van der Waals surface area contributed by atoms with Gasteiger partial charge in [0.1, 0.15) is 0 Å². The van der Waals surface area contributed by atoms with Crippen molar-refractivity contribution in [3.05, 3.63) is 39.5 Å². The van der Waals surface area contributed by atoms with Gasteiger partial charge in [-0.15, -0.1) is 0 Å². The summed E-state index contributed by atoms with van der Waals surface area (Å²) in [4.78, 5) is 0. The van der Waals surface area contributed by atoms with Crippen LogP contribution in [-0.2, 0) is 45.1 Å². The molecule has 0 spiro atoms. The first-order valence-corrected chi connectivity index (χ1v) is 5.59. The molecule has 1 aromatic rings. The van der Waals surface area contributed by atoms with E-state index in [-0.39, 0.29) is 25.8 Å². The number of hydrogen-bond acceptors (Lipinski definition) is 0. The molecule has 0 radical (unpaired) electrons. The van der Waals surface area contributed by atoms with E-state index in [9.17, 15) is 0 Å². The zero-order valence-corrected chi connectivity index (χ0v) is 13.1. The molecule has 0 fully saturated rings. The third kappa shape index (κ3) is 1.51. The molecular formula is C14H16Hf. The van der Waals surface area contributed by atoms with Crippen LogP contribution in [0, 0.1) is 13.8 Å². The summed E-state index contributed by atoms with van der Waals surface area (Å²) in [5, 5.41) is 0. The molecule has 0 bridgehead atoms. The summed E-state index contributed by atoms with van der Waals surface area (Å²) < 4.78 is 0. The van der Waals surface area contributed by atoms with Crippen molar-refractivity contribution >= 4 is 6.08 Å². The first-order chi connectivity index (χ1) is 6.79. The van der Waals surface area contributed by atoms with Crippen LogP contribution in [0.1, 0.15) is 39.8 Å². The Hall–Kier alpha value is -0.170. The maximum Gasteiger partial charge on any atom is 0 e. The van der Waals surface area contributed by atoms with Crippen LogP contribution in [-0.4, -0.2) is 0 Å². The van der Waals surface area contributed by atoms with Gasteiger partial charge in [-0.05, 0) is 72.9 Å². The first kappa shape index (κ1) is 11.3. The fourth-order valence-electron chi connectivity index (χ4n) is 3.13. The molecular weight excluding hydrogens is 347 g/mol. The minimum absolute atomic E-state index is 0. The summed E-state index contributed by atoms with van der Waals surface area (Å²) in [6.07, 6.45) is 9.77. The molecule has 1 aromatic carbocycles. The molecule has 0 saturated carbocycles. The molecule has 3 rings (SSSR count). The van der Waals surface area contributed by atoms with Crippen LogP contribution in [0.15, 0.2) is 6.08 Å². The Kier molecular flexibility index (Phi) is 3.03. The third-order valence-corrected chi connectivity index (χ3v) is 3.91. The molecule has 2 aliphatic carbocycles. The van der Waals surface area contributed by atoms with Crippen molar-refractivity contribution in [3.8, 4) is 0 Å². The van der Waals surface area contributed by atoms with Crippen LogP contribution in [0.3, 0.4) is 0 Å². The van der Waals surface area contributed by atoms with Crippen LogP contribution >= 0.6 is 0 Å². The molecule has 0 saturated heterocycles. The largest absolute Gasteiger partial charge is 0.0795 e. The monoisotopic (exact) mass is 364 g/mol. The Bertz CT molecular complexity index is 438. The van der Waals surface area contributed by atoms with Gasteiger partial charge >= 0.3 is 0 Å². The van der Waals surface area contributed by atoms with E-state index in [0.717, 1.165) is 6.42 Å². The van der Waals surface area contributed by atoms with Crippen LogP contribution in [0.4, 0.5) is 0 Å². The first-order valence-electron chi connectivity index (χ1n) is 5.59. The Balaban J connectivity index is 0.000000853. The number of hydrogen-bond donors (Lipinski definition) is 0. The minimum atomic E-state index is 0. The molecule has 0 heterocycles. The van der Waals surface area contributed by atoms with Gasteiger partial charge in [-0.2, -0.15) is 0 Å². The van der Waals surface area contributed by atoms with Crippen molar-refractivity contribution < 1.29 is 25.8 Å². The zero-order chi connectivity index (χ0) is 9.71. The minimum Gasteiger partial charge on any atom is -0.0795 e. The van der Waals surface area contributed by atoms with E-state index >= 15 is 0 Å². The van der Waals surface area contributed by atoms with Crippen molar-refractivity contribution in [3.63, 3.8) is 0 Å². The van der Waals surface area contributed by atoms with Crippen LogP contribution in [0.5, 0.6) is 0 Å². The number of allylic oxidation sites excluding steroid dienone is 1.